The molecule has 0 aromatic heterocycles. The Morgan fingerprint density at radius 2 is 2.00 bits per heavy atom. The Kier molecular flexibility index (Phi) is 4.66. The van der Waals surface area contributed by atoms with Gasteiger partial charge in [0, 0.05) is 37.4 Å². The van der Waals surface area contributed by atoms with Crippen LogP contribution in [0.3, 0.4) is 0 Å². The summed E-state index contributed by atoms with van der Waals surface area (Å²) >= 11 is 0. The predicted octanol–water partition coefficient (Wildman–Crippen LogP) is 1.68. The third-order valence-electron chi connectivity index (χ3n) is 4.05. The van der Waals surface area contributed by atoms with E-state index in [2.05, 4.69) is 36.0 Å². The van der Waals surface area contributed by atoms with Gasteiger partial charge in [0.2, 0.25) is 0 Å². The van der Waals surface area contributed by atoms with Crippen molar-refractivity contribution in [2.24, 2.45) is 5.73 Å². The number of piperidine rings is 1. The maximum absolute atomic E-state index is 5.85. The molecule has 1 fully saturated rings. The zero-order chi connectivity index (χ0) is 13.8. The van der Waals surface area contributed by atoms with Gasteiger partial charge in [0.15, 0.2) is 0 Å². The molecule has 0 saturated carbocycles. The highest BCUT2D eigenvalue weighted by Crippen LogP contribution is 2.29. The molecule has 1 aromatic carbocycles. The molecule has 0 amide bonds. The summed E-state index contributed by atoms with van der Waals surface area (Å²) in [6, 6.07) is 6.87. The van der Waals surface area contributed by atoms with Crippen LogP contribution in [0.15, 0.2) is 18.2 Å². The average Bonchev–Trinajstić information content (AvgIpc) is 2.46. The van der Waals surface area contributed by atoms with Crippen LogP contribution in [0.5, 0.6) is 5.75 Å². The Morgan fingerprint density at radius 1 is 1.32 bits per heavy atom. The summed E-state index contributed by atoms with van der Waals surface area (Å²) in [7, 11) is 6.04. The zero-order valence-corrected chi connectivity index (χ0v) is 12.2. The number of hydrogen-bond acceptors (Lipinski definition) is 4. The standard InChI is InChI=1S/C15H25N3O/c1-17(2)13-6-8-18(9-7-13)15-10-14(19-3)5-4-12(15)11-16/h4-5,10,13H,6-9,11,16H2,1-3H3. The molecule has 1 saturated heterocycles. The van der Waals surface area contributed by atoms with Crippen molar-refractivity contribution in [1.82, 2.24) is 4.90 Å². The second kappa shape index (κ2) is 6.26. The monoisotopic (exact) mass is 263 g/mol. The average molecular weight is 263 g/mol. The molecule has 0 bridgehead atoms. The highest BCUT2D eigenvalue weighted by Gasteiger charge is 2.22. The first kappa shape index (κ1) is 14.2. The number of nitrogens with two attached hydrogens (primary N) is 1. The van der Waals surface area contributed by atoms with Gasteiger partial charge in [-0.3, -0.25) is 0 Å². The number of benzene rings is 1. The Labute approximate surface area is 116 Å². The van der Waals surface area contributed by atoms with Crippen molar-refractivity contribution in [2.45, 2.75) is 25.4 Å². The summed E-state index contributed by atoms with van der Waals surface area (Å²) in [6.07, 6.45) is 2.41. The fourth-order valence-corrected chi connectivity index (χ4v) is 2.76. The van der Waals surface area contributed by atoms with Gasteiger partial charge in [-0.2, -0.15) is 0 Å². The maximum atomic E-state index is 5.85. The first-order chi connectivity index (χ1) is 9.15. The molecule has 19 heavy (non-hydrogen) atoms. The SMILES string of the molecule is COc1ccc(CN)c(N2CCC(N(C)C)CC2)c1. The van der Waals surface area contributed by atoms with E-state index < -0.39 is 0 Å². The number of ether oxygens (including phenoxy) is 1. The molecule has 4 heteroatoms. The van der Waals surface area contributed by atoms with Crippen molar-refractivity contribution in [3.63, 3.8) is 0 Å². The van der Waals surface area contributed by atoms with E-state index in [0.717, 1.165) is 18.8 Å². The van der Waals surface area contributed by atoms with E-state index in [1.165, 1.54) is 24.1 Å². The van der Waals surface area contributed by atoms with Gasteiger partial charge in [-0.25, -0.2) is 0 Å². The number of anilines is 1. The fraction of sp³-hybridized carbons (Fsp3) is 0.600. The van der Waals surface area contributed by atoms with Crippen LogP contribution >= 0.6 is 0 Å². The van der Waals surface area contributed by atoms with Crippen molar-refractivity contribution < 1.29 is 4.74 Å². The van der Waals surface area contributed by atoms with Crippen LogP contribution < -0.4 is 15.4 Å². The third-order valence-corrected chi connectivity index (χ3v) is 4.05. The predicted molar refractivity (Wildman–Crippen MR) is 79.8 cm³/mol. The van der Waals surface area contributed by atoms with Gasteiger partial charge in [0.05, 0.1) is 7.11 Å². The summed E-state index contributed by atoms with van der Waals surface area (Å²) in [5, 5.41) is 0. The van der Waals surface area contributed by atoms with E-state index in [9.17, 15) is 0 Å². The first-order valence-electron chi connectivity index (χ1n) is 6.94. The van der Waals surface area contributed by atoms with Crippen molar-refractivity contribution in [2.75, 3.05) is 39.2 Å². The van der Waals surface area contributed by atoms with Crippen molar-refractivity contribution in [3.8, 4) is 5.75 Å². The lowest BCUT2D eigenvalue weighted by Crippen LogP contribution is -2.42. The molecule has 0 atom stereocenters. The van der Waals surface area contributed by atoms with Crippen molar-refractivity contribution in [3.05, 3.63) is 23.8 Å². The summed E-state index contributed by atoms with van der Waals surface area (Å²) in [4.78, 5) is 4.76. The Hall–Kier alpha value is -1.26. The molecule has 0 radical (unpaired) electrons. The molecule has 106 valence electrons. The summed E-state index contributed by atoms with van der Waals surface area (Å²) < 4.78 is 5.33. The molecule has 1 aliphatic rings. The molecule has 0 unspecified atom stereocenters. The van der Waals surface area contributed by atoms with Crippen LogP contribution in [0.25, 0.3) is 0 Å². The number of nitrogens with zero attached hydrogens (tertiary/aromatic N) is 2. The molecule has 1 heterocycles. The van der Waals surface area contributed by atoms with E-state index in [4.69, 9.17) is 10.5 Å². The molecule has 1 aliphatic heterocycles. The minimum atomic E-state index is 0.576. The molecule has 1 aromatic rings. The number of methoxy groups -OCH3 is 1. The topological polar surface area (TPSA) is 41.7 Å². The first-order valence-corrected chi connectivity index (χ1v) is 6.94. The van der Waals surface area contributed by atoms with E-state index in [1.807, 2.05) is 6.07 Å². The molecular weight excluding hydrogens is 238 g/mol. The second-order valence-corrected chi connectivity index (χ2v) is 5.38. The molecule has 0 spiro atoms. The van der Waals surface area contributed by atoms with E-state index in [1.54, 1.807) is 7.11 Å². The summed E-state index contributed by atoms with van der Waals surface area (Å²) in [5.74, 6) is 0.905. The van der Waals surface area contributed by atoms with E-state index in [0.29, 0.717) is 12.6 Å². The van der Waals surface area contributed by atoms with E-state index >= 15 is 0 Å². The van der Waals surface area contributed by atoms with Gasteiger partial charge in [0.25, 0.3) is 0 Å². The normalized spacial score (nSPS) is 17.0. The molecule has 2 rings (SSSR count). The maximum Gasteiger partial charge on any atom is 0.120 e. The van der Waals surface area contributed by atoms with Crippen molar-refractivity contribution in [1.29, 1.82) is 0 Å². The smallest absolute Gasteiger partial charge is 0.120 e. The lowest BCUT2D eigenvalue weighted by molar-refractivity contribution is 0.249. The summed E-state index contributed by atoms with van der Waals surface area (Å²) in [6.45, 7) is 2.75. The molecule has 2 N–H and O–H groups in total. The number of rotatable bonds is 4. The van der Waals surface area contributed by atoms with Crippen LogP contribution in [0.1, 0.15) is 18.4 Å². The Balaban J connectivity index is 2.13. The Morgan fingerprint density at radius 3 is 2.53 bits per heavy atom. The minimum absolute atomic E-state index is 0.576. The minimum Gasteiger partial charge on any atom is -0.497 e. The van der Waals surface area contributed by atoms with Gasteiger partial charge in [-0.15, -0.1) is 0 Å². The summed E-state index contributed by atoms with van der Waals surface area (Å²) in [5.41, 5.74) is 8.28. The lowest BCUT2D eigenvalue weighted by atomic mass is 10.0. The van der Waals surface area contributed by atoms with Crippen molar-refractivity contribution >= 4 is 5.69 Å². The lowest BCUT2D eigenvalue weighted by Gasteiger charge is -2.37. The highest BCUT2D eigenvalue weighted by atomic mass is 16.5. The van der Waals surface area contributed by atoms with Gasteiger partial charge in [0.1, 0.15) is 5.75 Å². The number of hydrogen-bond donors (Lipinski definition) is 1. The van der Waals surface area contributed by atoms with Crippen LogP contribution in [-0.2, 0) is 6.54 Å². The van der Waals surface area contributed by atoms with Gasteiger partial charge < -0.3 is 20.3 Å². The third kappa shape index (κ3) is 3.19. The highest BCUT2D eigenvalue weighted by molar-refractivity contribution is 5.57. The van der Waals surface area contributed by atoms with E-state index in [-0.39, 0.29) is 0 Å². The van der Waals surface area contributed by atoms with Crippen LogP contribution in [0.2, 0.25) is 0 Å². The molecule has 0 aliphatic carbocycles. The Bertz CT molecular complexity index is 412. The van der Waals surface area contributed by atoms with Gasteiger partial charge in [-0.1, -0.05) is 6.07 Å². The molecule has 4 nitrogen and oxygen atoms in total. The zero-order valence-electron chi connectivity index (χ0n) is 12.2. The quantitative estimate of drug-likeness (QED) is 0.897. The van der Waals surface area contributed by atoms with Gasteiger partial charge in [-0.05, 0) is 38.6 Å². The van der Waals surface area contributed by atoms with Crippen LogP contribution in [0.4, 0.5) is 5.69 Å². The second-order valence-electron chi connectivity index (χ2n) is 5.38. The fourth-order valence-electron chi connectivity index (χ4n) is 2.76. The van der Waals surface area contributed by atoms with Gasteiger partial charge >= 0.3 is 0 Å². The molecular formula is C15H25N3O. The largest absolute Gasteiger partial charge is 0.497 e. The van der Waals surface area contributed by atoms with Crippen LogP contribution in [0, 0.1) is 0 Å². The van der Waals surface area contributed by atoms with Crippen LogP contribution in [-0.4, -0.2) is 45.2 Å².